The van der Waals surface area contributed by atoms with Gasteiger partial charge in [-0.05, 0) is 23.6 Å². The van der Waals surface area contributed by atoms with Crippen molar-refractivity contribution in [2.24, 2.45) is 0 Å². The molecule has 22 heavy (non-hydrogen) atoms. The lowest BCUT2D eigenvalue weighted by Crippen LogP contribution is -2.03. The van der Waals surface area contributed by atoms with Crippen LogP contribution in [0.25, 0.3) is 0 Å². The zero-order valence-corrected chi connectivity index (χ0v) is 11.1. The first-order chi connectivity index (χ1) is 10.4. The van der Waals surface area contributed by atoms with E-state index in [2.05, 4.69) is 0 Å². The lowest BCUT2D eigenvalue weighted by molar-refractivity contribution is -0.394. The summed E-state index contributed by atoms with van der Waals surface area (Å²) in [5, 5.41) is 30.8. The molecule has 0 aromatic heterocycles. The smallest absolute Gasteiger partial charge is 0.335 e. The first-order valence-electron chi connectivity index (χ1n) is 6.12. The zero-order valence-electron chi connectivity index (χ0n) is 11.1. The molecule has 0 heterocycles. The third-order valence-corrected chi connectivity index (χ3v) is 3.03. The molecule has 0 aliphatic carbocycles. The van der Waals surface area contributed by atoms with E-state index in [4.69, 9.17) is 5.11 Å². The van der Waals surface area contributed by atoms with E-state index in [1.165, 1.54) is 18.2 Å². The molecule has 0 amide bonds. The van der Waals surface area contributed by atoms with E-state index in [9.17, 15) is 25.0 Å². The Morgan fingerprint density at radius 1 is 1.00 bits per heavy atom. The molecule has 0 bridgehead atoms. The molecule has 2 aromatic rings. The van der Waals surface area contributed by atoms with Gasteiger partial charge < -0.3 is 5.11 Å². The number of nitrogens with zero attached hydrogens (tertiary/aromatic N) is 2. The summed E-state index contributed by atoms with van der Waals surface area (Å²) < 4.78 is 0. The number of carboxylic acids is 1. The van der Waals surface area contributed by atoms with E-state index in [0.717, 1.165) is 6.07 Å². The molecule has 0 unspecified atom stereocenters. The summed E-state index contributed by atoms with van der Waals surface area (Å²) in [4.78, 5) is 31.4. The van der Waals surface area contributed by atoms with Crippen LogP contribution in [0.5, 0.6) is 0 Å². The Bertz CT molecular complexity index is 739. The highest BCUT2D eigenvalue weighted by molar-refractivity contribution is 5.89. The minimum absolute atomic E-state index is 0.0466. The minimum Gasteiger partial charge on any atom is -0.478 e. The molecule has 2 aromatic carbocycles. The molecular weight excluding hydrogens is 292 g/mol. The first kappa shape index (κ1) is 15.1. The number of carboxylic acid groups (broad SMARTS) is 1. The van der Waals surface area contributed by atoms with E-state index in [1.807, 2.05) is 0 Å². The van der Waals surface area contributed by atoms with Gasteiger partial charge in [-0.25, -0.2) is 4.79 Å². The maximum absolute atomic E-state index is 11.1. The van der Waals surface area contributed by atoms with Gasteiger partial charge in [-0.1, -0.05) is 18.2 Å². The molecule has 0 spiro atoms. The summed E-state index contributed by atoms with van der Waals surface area (Å²) in [5.74, 6) is -1.13. The highest BCUT2D eigenvalue weighted by Gasteiger charge is 2.18. The van der Waals surface area contributed by atoms with E-state index in [0.29, 0.717) is 11.1 Å². The van der Waals surface area contributed by atoms with Gasteiger partial charge in [-0.3, -0.25) is 20.2 Å². The maximum Gasteiger partial charge on any atom is 0.335 e. The van der Waals surface area contributed by atoms with Crippen molar-refractivity contribution < 1.29 is 19.7 Å². The molecule has 1 N–H and O–H groups in total. The maximum atomic E-state index is 11.1. The minimum atomic E-state index is -1.13. The van der Waals surface area contributed by atoms with Gasteiger partial charge in [-0.15, -0.1) is 0 Å². The number of benzene rings is 2. The van der Waals surface area contributed by atoms with Crippen LogP contribution in [0.4, 0.5) is 11.4 Å². The third-order valence-electron chi connectivity index (χ3n) is 3.03. The van der Waals surface area contributed by atoms with Crippen molar-refractivity contribution in [3.63, 3.8) is 0 Å². The fourth-order valence-corrected chi connectivity index (χ4v) is 2.07. The highest BCUT2D eigenvalue weighted by atomic mass is 16.6. The van der Waals surface area contributed by atoms with Gasteiger partial charge in [0.05, 0.1) is 21.5 Å². The van der Waals surface area contributed by atoms with Gasteiger partial charge in [0.2, 0.25) is 0 Å². The van der Waals surface area contributed by atoms with Gasteiger partial charge in [0.25, 0.3) is 11.4 Å². The lowest BCUT2D eigenvalue weighted by Gasteiger charge is -2.06. The second-order valence-corrected chi connectivity index (χ2v) is 4.51. The van der Waals surface area contributed by atoms with Crippen LogP contribution in [-0.2, 0) is 6.42 Å². The van der Waals surface area contributed by atoms with Gasteiger partial charge in [0.1, 0.15) is 0 Å². The second kappa shape index (κ2) is 6.00. The van der Waals surface area contributed by atoms with Crippen LogP contribution in [0, 0.1) is 20.2 Å². The van der Waals surface area contributed by atoms with Crippen molar-refractivity contribution in [3.8, 4) is 0 Å². The van der Waals surface area contributed by atoms with Crippen LogP contribution in [0.2, 0.25) is 0 Å². The predicted octanol–water partition coefficient (Wildman–Crippen LogP) is 2.79. The van der Waals surface area contributed by atoms with Crippen LogP contribution in [-0.4, -0.2) is 20.9 Å². The van der Waals surface area contributed by atoms with Gasteiger partial charge in [-0.2, -0.15) is 0 Å². The normalized spacial score (nSPS) is 10.2. The lowest BCUT2D eigenvalue weighted by atomic mass is 9.99. The Kier molecular flexibility index (Phi) is 4.12. The Morgan fingerprint density at radius 3 is 2.05 bits per heavy atom. The van der Waals surface area contributed by atoms with E-state index in [-0.39, 0.29) is 12.0 Å². The van der Waals surface area contributed by atoms with Crippen molar-refractivity contribution in [2.75, 3.05) is 0 Å². The Morgan fingerprint density at radius 2 is 1.55 bits per heavy atom. The quantitative estimate of drug-likeness (QED) is 0.669. The third kappa shape index (κ3) is 3.23. The summed E-state index contributed by atoms with van der Waals surface area (Å²) in [5.41, 5.74) is -0.0370. The monoisotopic (exact) mass is 302 g/mol. The number of nitro groups is 2. The summed E-state index contributed by atoms with van der Waals surface area (Å²) in [6, 6.07) is 9.43. The summed E-state index contributed by atoms with van der Waals surface area (Å²) >= 11 is 0. The van der Waals surface area contributed by atoms with Crippen LogP contribution in [0.15, 0.2) is 42.5 Å². The van der Waals surface area contributed by atoms with Gasteiger partial charge in [0, 0.05) is 12.1 Å². The standard InChI is InChI=1S/C14H10N2O6/c17-14(18)13-4-2-1-3-10(13)5-9-6-11(15(19)20)8-12(7-9)16(21)22/h1-4,6-8H,5H2,(H,17,18). The number of hydrogen-bond acceptors (Lipinski definition) is 5. The average Bonchev–Trinajstić information content (AvgIpc) is 2.47. The molecule has 2 rings (SSSR count). The molecule has 0 radical (unpaired) electrons. The second-order valence-electron chi connectivity index (χ2n) is 4.51. The molecule has 8 heteroatoms. The summed E-state index contributed by atoms with van der Waals surface area (Å²) in [7, 11) is 0. The van der Waals surface area contributed by atoms with Crippen molar-refractivity contribution in [3.05, 3.63) is 79.4 Å². The molecule has 0 aliphatic heterocycles. The number of carbonyl (C=O) groups is 1. The molecule has 112 valence electrons. The van der Waals surface area contributed by atoms with Crippen molar-refractivity contribution >= 4 is 17.3 Å². The number of rotatable bonds is 5. The van der Waals surface area contributed by atoms with Crippen LogP contribution < -0.4 is 0 Å². The van der Waals surface area contributed by atoms with Crippen molar-refractivity contribution in [2.45, 2.75) is 6.42 Å². The summed E-state index contributed by atoms with van der Waals surface area (Å²) in [6.45, 7) is 0. The van der Waals surface area contributed by atoms with Gasteiger partial charge in [0.15, 0.2) is 0 Å². The molecule has 0 aliphatic rings. The van der Waals surface area contributed by atoms with Crippen LogP contribution in [0.3, 0.4) is 0 Å². The Hall–Kier alpha value is -3.29. The highest BCUT2D eigenvalue weighted by Crippen LogP contribution is 2.25. The Balaban J connectivity index is 2.47. The number of hydrogen-bond donors (Lipinski definition) is 1. The fraction of sp³-hybridized carbons (Fsp3) is 0.0714. The van der Waals surface area contributed by atoms with Crippen molar-refractivity contribution in [1.82, 2.24) is 0 Å². The zero-order chi connectivity index (χ0) is 16.3. The number of nitro benzene ring substituents is 2. The van der Waals surface area contributed by atoms with E-state index < -0.39 is 27.2 Å². The predicted molar refractivity (Wildman–Crippen MR) is 76.0 cm³/mol. The van der Waals surface area contributed by atoms with E-state index in [1.54, 1.807) is 18.2 Å². The molecule has 8 nitrogen and oxygen atoms in total. The largest absolute Gasteiger partial charge is 0.478 e. The van der Waals surface area contributed by atoms with E-state index >= 15 is 0 Å². The molecule has 0 saturated carbocycles. The van der Waals surface area contributed by atoms with Crippen LogP contribution in [0.1, 0.15) is 21.5 Å². The molecule has 0 atom stereocenters. The van der Waals surface area contributed by atoms with Gasteiger partial charge >= 0.3 is 5.97 Å². The first-order valence-corrected chi connectivity index (χ1v) is 6.12. The average molecular weight is 302 g/mol. The molecule has 0 saturated heterocycles. The molecular formula is C14H10N2O6. The topological polar surface area (TPSA) is 124 Å². The molecule has 0 fully saturated rings. The number of non-ortho nitro benzene ring substituents is 2. The summed E-state index contributed by atoms with van der Waals surface area (Å²) in [6.07, 6.45) is 0.0466. The SMILES string of the molecule is O=C(O)c1ccccc1Cc1cc([N+](=O)[O-])cc([N+](=O)[O-])c1. The fourth-order valence-electron chi connectivity index (χ4n) is 2.07. The number of aromatic carboxylic acids is 1. The van der Waals surface area contributed by atoms with Crippen molar-refractivity contribution in [1.29, 1.82) is 0 Å². The Labute approximate surface area is 123 Å². The van der Waals surface area contributed by atoms with Crippen LogP contribution >= 0.6 is 0 Å².